The van der Waals surface area contributed by atoms with Gasteiger partial charge in [-0.2, -0.15) is 0 Å². The van der Waals surface area contributed by atoms with Gasteiger partial charge in [-0.3, -0.25) is 9.36 Å². The molecule has 1 atom stereocenters. The van der Waals surface area contributed by atoms with Gasteiger partial charge in [0.25, 0.3) is 5.91 Å². The van der Waals surface area contributed by atoms with Crippen LogP contribution in [0.3, 0.4) is 0 Å². The number of carbonyl (C=O) groups excluding carboxylic acids is 2. The maximum atomic E-state index is 12.6. The molecule has 0 fully saturated rings. The number of carbonyl (C=O) groups is 2. The molecule has 1 amide bonds. The summed E-state index contributed by atoms with van der Waals surface area (Å²) in [6.07, 6.45) is 0.420. The fourth-order valence-corrected chi connectivity index (χ4v) is 3.91. The van der Waals surface area contributed by atoms with Crippen molar-refractivity contribution in [1.82, 2.24) is 5.32 Å². The molecule has 0 saturated heterocycles. The topological polar surface area (TPSA) is 90.9 Å². The third kappa shape index (κ3) is 6.53. The van der Waals surface area contributed by atoms with E-state index in [0.717, 1.165) is 11.1 Å². The van der Waals surface area contributed by atoms with Crippen LogP contribution in [0.4, 0.5) is 0 Å². The molecule has 29 heavy (non-hydrogen) atoms. The molecule has 156 valence electrons. The number of benzene rings is 2. The highest BCUT2D eigenvalue weighted by Crippen LogP contribution is 2.49. The van der Waals surface area contributed by atoms with Crippen molar-refractivity contribution in [2.24, 2.45) is 0 Å². The van der Waals surface area contributed by atoms with Gasteiger partial charge in [-0.15, -0.1) is 0 Å². The van der Waals surface area contributed by atoms with E-state index in [1.807, 2.05) is 31.2 Å². The molecule has 0 aliphatic rings. The summed E-state index contributed by atoms with van der Waals surface area (Å²) in [5.41, 5.74) is 3.07. The molecule has 8 heteroatoms. The van der Waals surface area contributed by atoms with Crippen molar-refractivity contribution < 1.29 is 27.9 Å². The van der Waals surface area contributed by atoms with E-state index in [2.05, 4.69) is 5.32 Å². The van der Waals surface area contributed by atoms with Crippen LogP contribution in [-0.4, -0.2) is 39.2 Å². The Bertz CT molecular complexity index is 888. The van der Waals surface area contributed by atoms with Crippen molar-refractivity contribution in [3.8, 4) is 0 Å². The number of hydrogen-bond donors (Lipinski definition) is 1. The molecule has 0 heterocycles. The first-order chi connectivity index (χ1) is 13.8. The summed E-state index contributed by atoms with van der Waals surface area (Å²) in [5, 5.41) is 2.72. The highest BCUT2D eigenvalue weighted by atomic mass is 31.2. The van der Waals surface area contributed by atoms with E-state index in [1.54, 1.807) is 24.3 Å². The second kappa shape index (κ2) is 10.3. The third-order valence-corrected chi connectivity index (χ3v) is 6.33. The summed E-state index contributed by atoms with van der Waals surface area (Å²) in [6.45, 7) is 1.96. The predicted molar refractivity (Wildman–Crippen MR) is 110 cm³/mol. The Labute approximate surface area is 170 Å². The Kier molecular flexibility index (Phi) is 8.14. The van der Waals surface area contributed by atoms with E-state index in [9.17, 15) is 14.2 Å². The number of nitrogens with one attached hydrogen (secondary N) is 1. The predicted octanol–water partition coefficient (Wildman–Crippen LogP) is 3.50. The zero-order chi connectivity index (χ0) is 21.4. The molecule has 2 aromatic carbocycles. The van der Waals surface area contributed by atoms with Gasteiger partial charge in [-0.1, -0.05) is 42.0 Å². The number of hydrogen-bond acceptors (Lipinski definition) is 6. The second-order valence-corrected chi connectivity index (χ2v) is 8.84. The zero-order valence-electron chi connectivity index (χ0n) is 17.0. The summed E-state index contributed by atoms with van der Waals surface area (Å²) in [7, 11) is 0.755. The Morgan fingerprint density at radius 3 is 2.21 bits per heavy atom. The monoisotopic (exact) mass is 419 g/mol. The lowest BCUT2D eigenvalue weighted by Crippen LogP contribution is -2.43. The minimum atomic E-state index is -3.19. The lowest BCUT2D eigenvalue weighted by atomic mass is 10.0. The molecule has 7 nitrogen and oxygen atoms in total. The Morgan fingerprint density at radius 1 is 1.00 bits per heavy atom. The standard InChI is InChI=1S/C21H26NO6P/c1-15-6-5-7-17(12-15)13-19(21(24)26-2)22-20(23)18-10-8-16(9-11-18)14-29(25,27-3)28-4/h5-12,19H,13-14H2,1-4H3,(H,22,23)/t19-/m0/s1. The highest BCUT2D eigenvalue weighted by Gasteiger charge is 2.24. The molecule has 1 N–H and O–H groups in total. The maximum Gasteiger partial charge on any atom is 0.334 e. The number of ether oxygens (including phenoxy) is 1. The molecule has 0 aliphatic heterocycles. The fraction of sp³-hybridized carbons (Fsp3) is 0.333. The van der Waals surface area contributed by atoms with Crippen LogP contribution in [-0.2, 0) is 35.7 Å². The Hall–Kier alpha value is -2.47. The lowest BCUT2D eigenvalue weighted by molar-refractivity contribution is -0.142. The minimum Gasteiger partial charge on any atom is -0.467 e. The first-order valence-corrected chi connectivity index (χ1v) is 10.8. The van der Waals surface area contributed by atoms with Crippen LogP contribution in [0.2, 0.25) is 0 Å². The van der Waals surface area contributed by atoms with Crippen LogP contribution in [0.1, 0.15) is 27.0 Å². The van der Waals surface area contributed by atoms with E-state index < -0.39 is 25.5 Å². The van der Waals surface area contributed by atoms with E-state index >= 15 is 0 Å². The number of amides is 1. The largest absolute Gasteiger partial charge is 0.467 e. The quantitative estimate of drug-likeness (QED) is 0.494. The third-order valence-electron chi connectivity index (χ3n) is 4.46. The van der Waals surface area contributed by atoms with E-state index in [1.165, 1.54) is 21.3 Å². The normalized spacial score (nSPS) is 12.3. The molecule has 0 bridgehead atoms. The van der Waals surface area contributed by atoms with Crippen LogP contribution >= 0.6 is 7.60 Å². The Morgan fingerprint density at radius 2 is 1.66 bits per heavy atom. The van der Waals surface area contributed by atoms with Crippen LogP contribution in [0.5, 0.6) is 0 Å². The average Bonchev–Trinajstić information content (AvgIpc) is 2.73. The summed E-state index contributed by atoms with van der Waals surface area (Å²) < 4.78 is 26.9. The average molecular weight is 419 g/mol. The van der Waals surface area contributed by atoms with Crippen LogP contribution in [0, 0.1) is 6.92 Å². The van der Waals surface area contributed by atoms with Gasteiger partial charge in [0.1, 0.15) is 6.04 Å². The summed E-state index contributed by atoms with van der Waals surface area (Å²) in [4.78, 5) is 24.8. The smallest absolute Gasteiger partial charge is 0.334 e. The molecule has 0 aliphatic carbocycles. The molecular weight excluding hydrogens is 393 g/mol. The molecule has 0 spiro atoms. The van der Waals surface area contributed by atoms with Crippen molar-refractivity contribution in [1.29, 1.82) is 0 Å². The summed E-state index contributed by atoms with van der Waals surface area (Å²) in [5.74, 6) is -0.918. The molecular formula is C21H26NO6P. The highest BCUT2D eigenvalue weighted by molar-refractivity contribution is 7.52. The fourth-order valence-electron chi connectivity index (χ4n) is 2.84. The number of esters is 1. The van der Waals surface area contributed by atoms with Crippen molar-refractivity contribution >= 4 is 19.5 Å². The molecule has 2 aromatic rings. The van der Waals surface area contributed by atoms with Gasteiger partial charge in [0.2, 0.25) is 0 Å². The van der Waals surface area contributed by atoms with Gasteiger partial charge in [0, 0.05) is 26.2 Å². The van der Waals surface area contributed by atoms with Crippen molar-refractivity contribution in [2.45, 2.75) is 25.5 Å². The van der Waals surface area contributed by atoms with E-state index in [-0.39, 0.29) is 6.16 Å². The van der Waals surface area contributed by atoms with Gasteiger partial charge in [-0.25, -0.2) is 4.79 Å². The number of methoxy groups -OCH3 is 1. The number of aryl methyl sites for hydroxylation is 1. The van der Waals surface area contributed by atoms with Crippen molar-refractivity contribution in [2.75, 3.05) is 21.3 Å². The molecule has 2 rings (SSSR count). The molecule has 0 radical (unpaired) electrons. The molecule has 0 aromatic heterocycles. The van der Waals surface area contributed by atoms with Crippen LogP contribution in [0.15, 0.2) is 48.5 Å². The van der Waals surface area contributed by atoms with Crippen molar-refractivity contribution in [3.05, 3.63) is 70.8 Å². The first-order valence-electron chi connectivity index (χ1n) is 9.04. The van der Waals surface area contributed by atoms with Crippen LogP contribution in [0.25, 0.3) is 0 Å². The summed E-state index contributed by atoms with van der Waals surface area (Å²) >= 11 is 0. The minimum absolute atomic E-state index is 0.0973. The maximum absolute atomic E-state index is 12.6. The van der Waals surface area contributed by atoms with E-state index in [4.69, 9.17) is 13.8 Å². The summed E-state index contributed by atoms with van der Waals surface area (Å²) in [6, 6.07) is 13.5. The molecule has 0 unspecified atom stereocenters. The SMILES string of the molecule is COC(=O)[C@H](Cc1cccc(C)c1)NC(=O)c1ccc(CP(=O)(OC)OC)cc1. The lowest BCUT2D eigenvalue weighted by Gasteiger charge is -2.17. The van der Waals surface area contributed by atoms with Gasteiger partial charge in [0.15, 0.2) is 0 Å². The second-order valence-electron chi connectivity index (χ2n) is 6.57. The van der Waals surface area contributed by atoms with Gasteiger partial charge in [-0.05, 0) is 30.2 Å². The van der Waals surface area contributed by atoms with E-state index in [0.29, 0.717) is 17.5 Å². The van der Waals surface area contributed by atoms with Gasteiger partial charge >= 0.3 is 13.6 Å². The Balaban J connectivity index is 2.10. The van der Waals surface area contributed by atoms with Gasteiger partial charge in [0.05, 0.1) is 13.3 Å². The van der Waals surface area contributed by atoms with Crippen molar-refractivity contribution in [3.63, 3.8) is 0 Å². The number of rotatable bonds is 9. The van der Waals surface area contributed by atoms with Gasteiger partial charge < -0.3 is 19.1 Å². The van der Waals surface area contributed by atoms with Crippen LogP contribution < -0.4 is 5.32 Å². The zero-order valence-corrected chi connectivity index (χ0v) is 17.9. The first kappa shape index (κ1) is 22.8. The molecule has 0 saturated carbocycles.